The molecule has 12 heteroatoms. The number of fused-ring (bicyclic) bond motifs is 1. The van der Waals surface area contributed by atoms with E-state index in [9.17, 15) is 24.4 Å². The first-order chi connectivity index (χ1) is 21.4. The van der Waals surface area contributed by atoms with Crippen LogP contribution in [-0.4, -0.2) is 75.0 Å². The third-order valence-electron chi connectivity index (χ3n) is 6.90. The van der Waals surface area contributed by atoms with E-state index < -0.39 is 35.5 Å². The fourth-order valence-corrected chi connectivity index (χ4v) is 4.73. The highest BCUT2D eigenvalue weighted by Crippen LogP contribution is 2.26. The van der Waals surface area contributed by atoms with Gasteiger partial charge in [-0.15, -0.1) is 0 Å². The van der Waals surface area contributed by atoms with Crippen molar-refractivity contribution in [1.29, 1.82) is 5.26 Å². The molecule has 1 fully saturated rings. The molecule has 1 aliphatic heterocycles. The van der Waals surface area contributed by atoms with Gasteiger partial charge in [0.2, 0.25) is 5.91 Å². The Balaban J connectivity index is 1.42. The number of hydrogen-bond acceptors (Lipinski definition) is 9. The number of ether oxygens (including phenoxy) is 3. The number of carbonyl (C=O) groups excluding carboxylic acids is 4. The van der Waals surface area contributed by atoms with Gasteiger partial charge in [-0.3, -0.25) is 9.59 Å². The van der Waals surface area contributed by atoms with Crippen LogP contribution in [-0.2, 0) is 28.6 Å². The topological polar surface area (TPSA) is 173 Å². The molecular formula is C33H43N5O7. The van der Waals surface area contributed by atoms with E-state index in [0.29, 0.717) is 0 Å². The van der Waals surface area contributed by atoms with Crippen LogP contribution >= 0.6 is 0 Å². The lowest BCUT2D eigenvalue weighted by molar-refractivity contribution is -0.148. The van der Waals surface area contributed by atoms with E-state index >= 15 is 0 Å². The first-order valence-electron chi connectivity index (χ1n) is 15.2. The third-order valence-corrected chi connectivity index (χ3v) is 6.90. The van der Waals surface area contributed by atoms with Crippen molar-refractivity contribution < 1.29 is 33.4 Å². The summed E-state index contributed by atoms with van der Waals surface area (Å²) in [6.45, 7) is 7.31. The zero-order valence-corrected chi connectivity index (χ0v) is 26.2. The minimum atomic E-state index is -1.12. The fourth-order valence-electron chi connectivity index (χ4n) is 4.73. The van der Waals surface area contributed by atoms with E-state index in [0.717, 1.165) is 29.4 Å². The summed E-state index contributed by atoms with van der Waals surface area (Å²) in [6, 6.07) is 13.0. The SMILES string of the molecule is CC(C)(C)OC(=O)N[C@@H](CCC(N)=O)C(=O)OCCOCCNC(=O)/C(C#N)=C/c1ccc2cc(N3CCCCC3)ccc2c1. The van der Waals surface area contributed by atoms with Gasteiger partial charge in [0.1, 0.15) is 29.9 Å². The summed E-state index contributed by atoms with van der Waals surface area (Å²) in [7, 11) is 0. The summed E-state index contributed by atoms with van der Waals surface area (Å²) in [5.74, 6) is -1.92. The maximum atomic E-state index is 12.6. The predicted molar refractivity (Wildman–Crippen MR) is 170 cm³/mol. The number of alkyl carbamates (subject to hydrolysis) is 1. The Labute approximate surface area is 263 Å². The van der Waals surface area contributed by atoms with E-state index in [1.54, 1.807) is 26.8 Å². The van der Waals surface area contributed by atoms with E-state index in [1.165, 1.54) is 24.9 Å². The Bertz CT molecular complexity index is 1420. The second-order valence-electron chi connectivity index (χ2n) is 11.7. The Morgan fingerprint density at radius 3 is 2.42 bits per heavy atom. The number of nitriles is 1. The van der Waals surface area contributed by atoms with Gasteiger partial charge >= 0.3 is 12.1 Å². The number of amides is 3. The minimum absolute atomic E-state index is 0.0219. The first kappa shape index (κ1) is 34.9. The Morgan fingerprint density at radius 1 is 1.02 bits per heavy atom. The van der Waals surface area contributed by atoms with Crippen LogP contribution in [0.2, 0.25) is 0 Å². The number of benzene rings is 2. The van der Waals surface area contributed by atoms with E-state index in [1.807, 2.05) is 24.3 Å². The molecule has 0 bridgehead atoms. The van der Waals surface area contributed by atoms with Crippen molar-refractivity contribution in [1.82, 2.24) is 10.6 Å². The molecule has 0 aromatic heterocycles. The Morgan fingerprint density at radius 2 is 1.73 bits per heavy atom. The second kappa shape index (κ2) is 17.0. The van der Waals surface area contributed by atoms with Crippen LogP contribution in [0.3, 0.4) is 0 Å². The Kier molecular flexibility index (Phi) is 13.2. The van der Waals surface area contributed by atoms with Crippen molar-refractivity contribution in [2.75, 3.05) is 44.4 Å². The lowest BCUT2D eigenvalue weighted by Gasteiger charge is -2.29. The maximum absolute atomic E-state index is 12.6. The van der Waals surface area contributed by atoms with E-state index in [4.69, 9.17) is 19.9 Å². The van der Waals surface area contributed by atoms with Crippen molar-refractivity contribution in [3.8, 4) is 6.07 Å². The third kappa shape index (κ3) is 12.1. The van der Waals surface area contributed by atoms with Crippen LogP contribution in [0.25, 0.3) is 16.8 Å². The predicted octanol–water partition coefficient (Wildman–Crippen LogP) is 3.57. The summed E-state index contributed by atoms with van der Waals surface area (Å²) in [5.41, 5.74) is 6.31. The highest BCUT2D eigenvalue weighted by molar-refractivity contribution is 6.02. The van der Waals surface area contributed by atoms with E-state index in [2.05, 4.69) is 33.7 Å². The molecule has 0 spiro atoms. The monoisotopic (exact) mass is 621 g/mol. The average molecular weight is 622 g/mol. The molecule has 12 nitrogen and oxygen atoms in total. The van der Waals surface area contributed by atoms with E-state index in [-0.39, 0.29) is 44.8 Å². The number of primary amides is 1. The number of carbonyl (C=O) groups is 4. The Hall–Kier alpha value is -4.63. The number of anilines is 1. The quantitative estimate of drug-likeness (QED) is 0.123. The zero-order valence-electron chi connectivity index (χ0n) is 26.2. The molecule has 0 aliphatic carbocycles. The largest absolute Gasteiger partial charge is 0.462 e. The number of hydrogen-bond donors (Lipinski definition) is 3. The summed E-state index contributed by atoms with van der Waals surface area (Å²) in [4.78, 5) is 50.7. The minimum Gasteiger partial charge on any atom is -0.462 e. The molecule has 2 aromatic carbocycles. The van der Waals surface area contributed by atoms with Gasteiger partial charge in [0.05, 0.1) is 13.2 Å². The summed E-state index contributed by atoms with van der Waals surface area (Å²) < 4.78 is 15.7. The number of nitrogens with zero attached hydrogens (tertiary/aromatic N) is 2. The highest BCUT2D eigenvalue weighted by Gasteiger charge is 2.26. The van der Waals surface area contributed by atoms with Crippen LogP contribution in [0.4, 0.5) is 10.5 Å². The number of rotatable bonds is 14. The lowest BCUT2D eigenvalue weighted by atomic mass is 10.0. The van der Waals surface area contributed by atoms with Gasteiger partial charge < -0.3 is 35.5 Å². The molecule has 3 amide bonds. The molecule has 242 valence electrons. The molecule has 4 N–H and O–H groups in total. The van der Waals surface area contributed by atoms with Gasteiger partial charge in [0.15, 0.2) is 0 Å². The van der Waals surface area contributed by atoms with Crippen LogP contribution in [0, 0.1) is 11.3 Å². The summed E-state index contributed by atoms with van der Waals surface area (Å²) in [5, 5.41) is 16.7. The molecule has 45 heavy (non-hydrogen) atoms. The second-order valence-corrected chi connectivity index (χ2v) is 11.7. The van der Waals surface area contributed by atoms with Crippen LogP contribution in [0.5, 0.6) is 0 Å². The van der Waals surface area contributed by atoms with Crippen LogP contribution in [0.15, 0.2) is 42.0 Å². The van der Waals surface area contributed by atoms with Crippen molar-refractivity contribution in [2.45, 2.75) is 64.5 Å². The van der Waals surface area contributed by atoms with Gasteiger partial charge in [-0.2, -0.15) is 5.26 Å². The fraction of sp³-hybridized carbons (Fsp3) is 0.485. The van der Waals surface area contributed by atoms with Crippen molar-refractivity contribution in [3.63, 3.8) is 0 Å². The summed E-state index contributed by atoms with van der Waals surface area (Å²) >= 11 is 0. The van der Waals surface area contributed by atoms with Crippen LogP contribution in [0.1, 0.15) is 58.4 Å². The lowest BCUT2D eigenvalue weighted by Crippen LogP contribution is -2.45. The number of piperidine rings is 1. The zero-order chi connectivity index (χ0) is 32.8. The molecule has 1 atom stereocenters. The van der Waals surface area contributed by atoms with Gasteiger partial charge in [-0.25, -0.2) is 9.59 Å². The van der Waals surface area contributed by atoms with Gasteiger partial charge in [-0.05, 0) is 87.1 Å². The molecule has 0 radical (unpaired) electrons. The standard InChI is InChI=1S/C33H43N5O7/c1-33(2,3)45-32(42)37-28(11-12-29(35)39)31(41)44-18-17-43-16-13-36-30(40)26(22-34)20-23-7-8-25-21-27(10-9-24(25)19-23)38-14-5-4-6-15-38/h7-10,19-21,28H,4-6,11-18H2,1-3H3,(H2,35,39)(H,36,40)(H,37,42)/b26-20+/t28-/m0/s1. The number of nitrogens with one attached hydrogen (secondary N) is 2. The van der Waals surface area contributed by atoms with Crippen molar-refractivity contribution in [3.05, 3.63) is 47.5 Å². The molecule has 1 saturated heterocycles. The van der Waals surface area contributed by atoms with Crippen molar-refractivity contribution in [2.24, 2.45) is 5.73 Å². The van der Waals surface area contributed by atoms with Gasteiger partial charge in [0.25, 0.3) is 5.91 Å². The molecule has 2 aromatic rings. The van der Waals surface area contributed by atoms with Crippen molar-refractivity contribution >= 4 is 46.4 Å². The van der Waals surface area contributed by atoms with Gasteiger partial charge in [0, 0.05) is 31.7 Å². The maximum Gasteiger partial charge on any atom is 0.408 e. The smallest absolute Gasteiger partial charge is 0.408 e. The molecule has 3 rings (SSSR count). The molecule has 0 unspecified atom stereocenters. The first-order valence-corrected chi connectivity index (χ1v) is 15.2. The molecule has 1 heterocycles. The number of esters is 1. The van der Waals surface area contributed by atoms with Crippen LogP contribution < -0.4 is 21.3 Å². The van der Waals surface area contributed by atoms with Gasteiger partial charge in [-0.1, -0.05) is 18.2 Å². The highest BCUT2D eigenvalue weighted by atomic mass is 16.6. The average Bonchev–Trinajstić information content (AvgIpc) is 3.00. The molecule has 1 aliphatic rings. The normalized spacial score (nSPS) is 14.3. The summed E-state index contributed by atoms with van der Waals surface area (Å²) in [6.07, 6.45) is 4.24. The molecular weight excluding hydrogens is 578 g/mol. The number of nitrogens with two attached hydrogens (primary N) is 1. The molecule has 0 saturated carbocycles.